The summed E-state index contributed by atoms with van der Waals surface area (Å²) < 4.78 is 32.1. The maximum absolute atomic E-state index is 12.7. The average Bonchev–Trinajstić information content (AvgIpc) is 2.42. The van der Waals surface area contributed by atoms with Crippen LogP contribution < -0.4 is 4.74 Å². The summed E-state index contributed by atoms with van der Waals surface area (Å²) in [5.41, 5.74) is 1.46. The van der Waals surface area contributed by atoms with Crippen molar-refractivity contribution in [1.82, 2.24) is 4.31 Å². The van der Waals surface area contributed by atoms with Gasteiger partial charge in [0.05, 0.1) is 12.0 Å². The molecule has 0 aliphatic rings. The minimum absolute atomic E-state index is 0.404. The zero-order valence-corrected chi connectivity index (χ0v) is 14.6. The Morgan fingerprint density at radius 1 is 1.10 bits per heavy atom. The van der Waals surface area contributed by atoms with E-state index in [4.69, 9.17) is 4.74 Å². The molecule has 0 bridgehead atoms. The summed E-state index contributed by atoms with van der Waals surface area (Å²) >= 11 is 0. The third-order valence-corrected chi connectivity index (χ3v) is 5.83. The first-order chi connectivity index (χ1) is 9.84. The second-order valence-electron chi connectivity index (χ2n) is 5.48. The van der Waals surface area contributed by atoms with Crippen molar-refractivity contribution in [1.29, 1.82) is 0 Å². The summed E-state index contributed by atoms with van der Waals surface area (Å²) in [4.78, 5) is 0.404. The standard InChI is InChI=1S/C16H27NO3S/c1-6-7-8-9-10-17(4)21(18,19)16-13(2)11-15(20-5)12-14(16)3/h11-12H,6-10H2,1-5H3. The molecule has 4 nitrogen and oxygen atoms in total. The molecule has 1 aromatic carbocycles. The van der Waals surface area contributed by atoms with E-state index in [-0.39, 0.29) is 0 Å². The number of hydrogen-bond acceptors (Lipinski definition) is 3. The molecule has 0 aliphatic carbocycles. The third-order valence-electron chi connectivity index (χ3n) is 3.66. The number of unbranched alkanes of at least 4 members (excludes halogenated alkanes) is 3. The molecule has 1 rings (SSSR count). The van der Waals surface area contributed by atoms with Gasteiger partial charge in [-0.1, -0.05) is 26.2 Å². The second-order valence-corrected chi connectivity index (χ2v) is 7.46. The summed E-state index contributed by atoms with van der Waals surface area (Å²) in [6.45, 7) is 6.33. The van der Waals surface area contributed by atoms with Crippen LogP contribution >= 0.6 is 0 Å². The van der Waals surface area contributed by atoms with E-state index in [0.29, 0.717) is 17.2 Å². The summed E-state index contributed by atoms with van der Waals surface area (Å²) in [5.74, 6) is 0.689. The molecule has 5 heteroatoms. The normalized spacial score (nSPS) is 11.9. The molecule has 0 aromatic heterocycles. The highest BCUT2D eigenvalue weighted by Crippen LogP contribution is 2.27. The van der Waals surface area contributed by atoms with Crippen molar-refractivity contribution < 1.29 is 13.2 Å². The van der Waals surface area contributed by atoms with Gasteiger partial charge in [0, 0.05) is 13.6 Å². The molecule has 0 amide bonds. The fourth-order valence-corrected chi connectivity index (χ4v) is 4.09. The van der Waals surface area contributed by atoms with Crippen LogP contribution in [0.5, 0.6) is 5.75 Å². The molecule has 0 atom stereocenters. The van der Waals surface area contributed by atoms with Crippen molar-refractivity contribution in [3.8, 4) is 5.75 Å². The largest absolute Gasteiger partial charge is 0.497 e. The van der Waals surface area contributed by atoms with Crippen LogP contribution in [-0.4, -0.2) is 33.4 Å². The van der Waals surface area contributed by atoms with E-state index < -0.39 is 10.0 Å². The smallest absolute Gasteiger partial charge is 0.243 e. The lowest BCUT2D eigenvalue weighted by atomic mass is 10.1. The highest BCUT2D eigenvalue weighted by atomic mass is 32.2. The Balaban J connectivity index is 2.97. The molecule has 21 heavy (non-hydrogen) atoms. The summed E-state index contributed by atoms with van der Waals surface area (Å²) in [5, 5.41) is 0. The average molecular weight is 313 g/mol. The quantitative estimate of drug-likeness (QED) is 0.690. The highest BCUT2D eigenvalue weighted by molar-refractivity contribution is 7.89. The molecule has 0 saturated carbocycles. The van der Waals surface area contributed by atoms with E-state index in [1.165, 1.54) is 4.31 Å². The molecule has 0 spiro atoms. The first kappa shape index (κ1) is 18.0. The Labute approximate surface area is 129 Å². The van der Waals surface area contributed by atoms with Crippen molar-refractivity contribution in [3.05, 3.63) is 23.3 Å². The second kappa shape index (κ2) is 7.80. The van der Waals surface area contributed by atoms with E-state index in [9.17, 15) is 8.42 Å². The fraction of sp³-hybridized carbons (Fsp3) is 0.625. The van der Waals surface area contributed by atoms with Gasteiger partial charge in [0.25, 0.3) is 0 Å². The Bertz CT molecular complexity index is 544. The monoisotopic (exact) mass is 313 g/mol. The number of sulfonamides is 1. The van der Waals surface area contributed by atoms with E-state index in [1.54, 1.807) is 26.3 Å². The predicted octanol–water partition coefficient (Wildman–Crippen LogP) is 3.51. The van der Waals surface area contributed by atoms with Gasteiger partial charge < -0.3 is 4.74 Å². The summed E-state index contributed by atoms with van der Waals surface area (Å²) in [6, 6.07) is 3.54. The van der Waals surface area contributed by atoms with E-state index >= 15 is 0 Å². The van der Waals surface area contributed by atoms with Gasteiger partial charge in [-0.2, -0.15) is 0 Å². The first-order valence-electron chi connectivity index (χ1n) is 7.46. The molecule has 0 radical (unpaired) electrons. The van der Waals surface area contributed by atoms with Gasteiger partial charge in [-0.25, -0.2) is 12.7 Å². The molecule has 0 fully saturated rings. The lowest BCUT2D eigenvalue weighted by molar-refractivity contribution is 0.413. The minimum Gasteiger partial charge on any atom is -0.497 e. The molecule has 120 valence electrons. The van der Waals surface area contributed by atoms with E-state index in [2.05, 4.69) is 6.92 Å². The van der Waals surface area contributed by atoms with Gasteiger partial charge in [-0.15, -0.1) is 0 Å². The van der Waals surface area contributed by atoms with Crippen LogP contribution in [-0.2, 0) is 10.0 Å². The number of hydrogen-bond donors (Lipinski definition) is 0. The Morgan fingerprint density at radius 2 is 1.67 bits per heavy atom. The zero-order valence-electron chi connectivity index (χ0n) is 13.8. The van der Waals surface area contributed by atoms with Gasteiger partial charge >= 0.3 is 0 Å². The van der Waals surface area contributed by atoms with Crippen molar-refractivity contribution in [2.75, 3.05) is 20.7 Å². The molecule has 0 unspecified atom stereocenters. The van der Waals surface area contributed by atoms with E-state index in [1.807, 2.05) is 13.8 Å². The van der Waals surface area contributed by atoms with Gasteiger partial charge in [0.15, 0.2) is 0 Å². The van der Waals surface area contributed by atoms with Crippen LogP contribution in [0, 0.1) is 13.8 Å². The van der Waals surface area contributed by atoms with Crippen molar-refractivity contribution in [2.45, 2.75) is 51.3 Å². The van der Waals surface area contributed by atoms with Gasteiger partial charge in [-0.05, 0) is 43.5 Å². The van der Waals surface area contributed by atoms with Crippen molar-refractivity contribution >= 4 is 10.0 Å². The summed E-state index contributed by atoms with van der Waals surface area (Å²) in [7, 11) is -0.192. The SMILES string of the molecule is CCCCCCN(C)S(=O)(=O)c1c(C)cc(OC)cc1C. The third kappa shape index (κ3) is 4.45. The molecule has 0 aliphatic heterocycles. The number of benzene rings is 1. The zero-order chi connectivity index (χ0) is 16.0. The summed E-state index contributed by atoms with van der Waals surface area (Å²) in [6.07, 6.45) is 4.26. The van der Waals surface area contributed by atoms with Crippen LogP contribution in [0.3, 0.4) is 0 Å². The minimum atomic E-state index is -3.43. The van der Waals surface area contributed by atoms with E-state index in [0.717, 1.165) is 36.8 Å². The van der Waals surface area contributed by atoms with Crippen LogP contribution in [0.2, 0.25) is 0 Å². The number of ether oxygens (including phenoxy) is 1. The molecule has 1 aromatic rings. The van der Waals surface area contributed by atoms with Crippen LogP contribution in [0.1, 0.15) is 43.7 Å². The number of rotatable bonds is 8. The first-order valence-corrected chi connectivity index (χ1v) is 8.90. The number of aryl methyl sites for hydroxylation is 2. The maximum atomic E-state index is 12.7. The lowest BCUT2D eigenvalue weighted by Crippen LogP contribution is -2.29. The molecular weight excluding hydrogens is 286 g/mol. The van der Waals surface area contributed by atoms with Crippen LogP contribution in [0.4, 0.5) is 0 Å². The number of methoxy groups -OCH3 is 1. The molecule has 0 N–H and O–H groups in total. The lowest BCUT2D eigenvalue weighted by Gasteiger charge is -2.20. The number of nitrogens with zero attached hydrogens (tertiary/aromatic N) is 1. The van der Waals surface area contributed by atoms with Gasteiger partial charge in [0.1, 0.15) is 5.75 Å². The Morgan fingerprint density at radius 3 is 2.14 bits per heavy atom. The maximum Gasteiger partial charge on any atom is 0.243 e. The topological polar surface area (TPSA) is 46.6 Å². The Hall–Kier alpha value is -1.07. The highest BCUT2D eigenvalue weighted by Gasteiger charge is 2.24. The van der Waals surface area contributed by atoms with Crippen LogP contribution in [0.25, 0.3) is 0 Å². The Kier molecular flexibility index (Phi) is 6.68. The molecule has 0 saturated heterocycles. The fourth-order valence-electron chi connectivity index (χ4n) is 2.47. The van der Waals surface area contributed by atoms with Gasteiger partial charge in [0.2, 0.25) is 10.0 Å². The molecular formula is C16H27NO3S. The molecule has 0 heterocycles. The predicted molar refractivity (Wildman–Crippen MR) is 86.4 cm³/mol. The van der Waals surface area contributed by atoms with Crippen molar-refractivity contribution in [2.24, 2.45) is 0 Å². The van der Waals surface area contributed by atoms with Crippen molar-refractivity contribution in [3.63, 3.8) is 0 Å². The van der Waals surface area contributed by atoms with Crippen LogP contribution in [0.15, 0.2) is 17.0 Å². The van der Waals surface area contributed by atoms with Gasteiger partial charge in [-0.3, -0.25) is 0 Å².